The molecule has 0 spiro atoms. The van der Waals surface area contributed by atoms with E-state index in [1.165, 1.54) is 4.90 Å². The average molecular weight is 377 g/mol. The zero-order chi connectivity index (χ0) is 17.3. The quantitative estimate of drug-likeness (QED) is 0.760. The Hall–Kier alpha value is -1.48. The molecule has 3 nitrogen and oxygen atoms in total. The van der Waals surface area contributed by atoms with Gasteiger partial charge in [0.05, 0.1) is 11.1 Å². The van der Waals surface area contributed by atoms with Gasteiger partial charge in [0, 0.05) is 25.2 Å². The molecule has 1 N–H and O–H groups in total. The van der Waals surface area contributed by atoms with Gasteiger partial charge in [-0.3, -0.25) is 4.79 Å². The standard InChI is InChI=1S/C14H14F6N2O.ClH/c15-13(16,17)10-6-9(7-11(8-10)14(18,19)20)12(23)22-4-1-2-21-3-5-22;/h6-8,21H,1-5H2;1H. The molecule has 0 bridgehead atoms. The summed E-state index contributed by atoms with van der Waals surface area (Å²) in [4.78, 5) is 13.5. The summed E-state index contributed by atoms with van der Waals surface area (Å²) in [7, 11) is 0. The minimum atomic E-state index is -4.96. The Morgan fingerprint density at radius 2 is 1.46 bits per heavy atom. The maximum absolute atomic E-state index is 12.8. The smallest absolute Gasteiger partial charge is 0.337 e. The highest BCUT2D eigenvalue weighted by atomic mass is 35.5. The monoisotopic (exact) mass is 376 g/mol. The minimum Gasteiger partial charge on any atom is -0.337 e. The van der Waals surface area contributed by atoms with E-state index in [0.29, 0.717) is 31.6 Å². The van der Waals surface area contributed by atoms with Crippen LogP contribution in [0.1, 0.15) is 27.9 Å². The Balaban J connectivity index is 0.00000288. The van der Waals surface area contributed by atoms with E-state index < -0.39 is 35.0 Å². The molecule has 0 aliphatic carbocycles. The molecule has 10 heteroatoms. The number of halogens is 7. The zero-order valence-corrected chi connectivity index (χ0v) is 13.1. The molecular formula is C14H15ClF6N2O. The van der Waals surface area contributed by atoms with Gasteiger partial charge in [0.25, 0.3) is 5.91 Å². The summed E-state index contributed by atoms with van der Waals surface area (Å²) in [5.74, 6) is -0.828. The van der Waals surface area contributed by atoms with Gasteiger partial charge in [0.2, 0.25) is 0 Å². The number of nitrogens with one attached hydrogen (secondary N) is 1. The van der Waals surface area contributed by atoms with Crippen molar-refractivity contribution in [1.82, 2.24) is 10.2 Å². The lowest BCUT2D eigenvalue weighted by molar-refractivity contribution is -0.143. The molecule has 1 aromatic carbocycles. The van der Waals surface area contributed by atoms with Crippen LogP contribution in [0.2, 0.25) is 0 Å². The van der Waals surface area contributed by atoms with Gasteiger partial charge in [-0.2, -0.15) is 26.3 Å². The molecule has 0 radical (unpaired) electrons. The van der Waals surface area contributed by atoms with E-state index >= 15 is 0 Å². The van der Waals surface area contributed by atoms with Gasteiger partial charge >= 0.3 is 12.4 Å². The molecule has 24 heavy (non-hydrogen) atoms. The largest absolute Gasteiger partial charge is 0.416 e. The van der Waals surface area contributed by atoms with Crippen molar-refractivity contribution in [2.45, 2.75) is 18.8 Å². The van der Waals surface area contributed by atoms with Gasteiger partial charge in [0.1, 0.15) is 0 Å². The lowest BCUT2D eigenvalue weighted by Gasteiger charge is -2.21. The first-order valence-corrected chi connectivity index (χ1v) is 6.88. The number of alkyl halides is 6. The normalized spacial score (nSPS) is 16.3. The summed E-state index contributed by atoms with van der Waals surface area (Å²) in [6.07, 6.45) is -9.34. The van der Waals surface area contributed by atoms with Crippen molar-refractivity contribution in [3.05, 3.63) is 34.9 Å². The number of hydrogen-bond acceptors (Lipinski definition) is 2. The molecule has 0 aromatic heterocycles. The van der Waals surface area contributed by atoms with Crippen molar-refractivity contribution < 1.29 is 31.1 Å². The number of carbonyl (C=O) groups is 1. The van der Waals surface area contributed by atoms with Gasteiger partial charge in [-0.05, 0) is 31.2 Å². The van der Waals surface area contributed by atoms with Crippen LogP contribution in [-0.4, -0.2) is 37.0 Å². The van der Waals surface area contributed by atoms with Crippen LogP contribution in [0.4, 0.5) is 26.3 Å². The van der Waals surface area contributed by atoms with Gasteiger partial charge in [-0.15, -0.1) is 12.4 Å². The van der Waals surface area contributed by atoms with E-state index in [4.69, 9.17) is 0 Å². The van der Waals surface area contributed by atoms with Crippen molar-refractivity contribution in [3.63, 3.8) is 0 Å². The van der Waals surface area contributed by atoms with Crippen molar-refractivity contribution in [2.75, 3.05) is 26.2 Å². The van der Waals surface area contributed by atoms with E-state index in [1.807, 2.05) is 0 Å². The summed E-state index contributed by atoms with van der Waals surface area (Å²) >= 11 is 0. The average Bonchev–Trinajstić information content (AvgIpc) is 2.73. The Morgan fingerprint density at radius 3 is 1.96 bits per heavy atom. The SMILES string of the molecule is Cl.O=C(c1cc(C(F)(F)F)cc(C(F)(F)F)c1)N1CCCNCC1. The predicted molar refractivity (Wildman–Crippen MR) is 77.1 cm³/mol. The summed E-state index contributed by atoms with van der Waals surface area (Å²) < 4.78 is 76.8. The van der Waals surface area contributed by atoms with Crippen LogP contribution in [0.5, 0.6) is 0 Å². The molecule has 1 aromatic rings. The molecule has 1 heterocycles. The van der Waals surface area contributed by atoms with Crippen molar-refractivity contribution in [3.8, 4) is 0 Å². The molecule has 2 rings (SSSR count). The number of hydrogen-bond donors (Lipinski definition) is 1. The Kier molecular flexibility index (Phi) is 6.52. The summed E-state index contributed by atoms with van der Waals surface area (Å²) in [5, 5.41) is 3.00. The third-order valence-corrected chi connectivity index (χ3v) is 3.46. The Labute approximate surface area is 140 Å². The maximum atomic E-state index is 12.8. The van der Waals surface area contributed by atoms with Crippen molar-refractivity contribution in [1.29, 1.82) is 0 Å². The Bertz CT molecular complexity index is 547. The fraction of sp³-hybridized carbons (Fsp3) is 0.500. The highest BCUT2D eigenvalue weighted by Gasteiger charge is 2.37. The van der Waals surface area contributed by atoms with Crippen LogP contribution < -0.4 is 5.32 Å². The second-order valence-electron chi connectivity index (χ2n) is 5.19. The van der Waals surface area contributed by atoms with E-state index in [2.05, 4.69) is 5.32 Å². The van der Waals surface area contributed by atoms with Crippen LogP contribution in [0.25, 0.3) is 0 Å². The van der Waals surface area contributed by atoms with E-state index in [9.17, 15) is 31.1 Å². The van der Waals surface area contributed by atoms with Crippen LogP contribution in [0.15, 0.2) is 18.2 Å². The number of amides is 1. The molecular weight excluding hydrogens is 362 g/mol. The minimum absolute atomic E-state index is 0. The first-order chi connectivity index (χ1) is 10.6. The molecule has 1 fully saturated rings. The molecule has 1 aliphatic heterocycles. The molecule has 1 amide bonds. The summed E-state index contributed by atoms with van der Waals surface area (Å²) in [5.41, 5.74) is -3.57. The van der Waals surface area contributed by atoms with Crippen molar-refractivity contribution in [2.24, 2.45) is 0 Å². The highest BCUT2D eigenvalue weighted by molar-refractivity contribution is 5.94. The van der Waals surface area contributed by atoms with Gasteiger partial charge < -0.3 is 10.2 Å². The second-order valence-corrected chi connectivity index (χ2v) is 5.19. The highest BCUT2D eigenvalue weighted by Crippen LogP contribution is 2.36. The Morgan fingerprint density at radius 1 is 0.917 bits per heavy atom. The molecule has 0 saturated carbocycles. The predicted octanol–water partition coefficient (Wildman–Crippen LogP) is 3.58. The lowest BCUT2D eigenvalue weighted by atomic mass is 10.0. The first kappa shape index (κ1) is 20.6. The molecule has 0 atom stereocenters. The number of nitrogens with zero attached hydrogens (tertiary/aromatic N) is 1. The fourth-order valence-electron chi connectivity index (χ4n) is 2.31. The lowest BCUT2D eigenvalue weighted by Crippen LogP contribution is -2.34. The number of benzene rings is 1. The first-order valence-electron chi connectivity index (χ1n) is 6.88. The van der Waals surface area contributed by atoms with Crippen LogP contribution >= 0.6 is 12.4 Å². The molecule has 136 valence electrons. The van der Waals surface area contributed by atoms with Crippen LogP contribution in [-0.2, 0) is 12.4 Å². The molecule has 1 aliphatic rings. The van der Waals surface area contributed by atoms with Gasteiger partial charge in [-0.25, -0.2) is 0 Å². The van der Waals surface area contributed by atoms with Gasteiger partial charge in [-0.1, -0.05) is 0 Å². The van der Waals surface area contributed by atoms with E-state index in [1.54, 1.807) is 0 Å². The molecule has 0 unspecified atom stereocenters. The zero-order valence-electron chi connectivity index (χ0n) is 12.3. The van der Waals surface area contributed by atoms with E-state index in [-0.39, 0.29) is 31.6 Å². The number of rotatable bonds is 1. The third kappa shape index (κ3) is 5.01. The van der Waals surface area contributed by atoms with E-state index in [0.717, 1.165) is 0 Å². The summed E-state index contributed by atoms with van der Waals surface area (Å²) in [6.45, 7) is 1.59. The third-order valence-electron chi connectivity index (χ3n) is 3.46. The van der Waals surface area contributed by atoms with Gasteiger partial charge in [0.15, 0.2) is 0 Å². The van der Waals surface area contributed by atoms with Crippen LogP contribution in [0.3, 0.4) is 0 Å². The molecule has 1 saturated heterocycles. The fourth-order valence-corrected chi connectivity index (χ4v) is 2.31. The van der Waals surface area contributed by atoms with Crippen molar-refractivity contribution >= 4 is 18.3 Å². The number of carbonyl (C=O) groups excluding carboxylic acids is 1. The second kappa shape index (κ2) is 7.60. The summed E-state index contributed by atoms with van der Waals surface area (Å²) in [6, 6.07) is 0.951. The van der Waals surface area contributed by atoms with Crippen LogP contribution in [0, 0.1) is 0 Å². The maximum Gasteiger partial charge on any atom is 0.416 e. The topological polar surface area (TPSA) is 32.3 Å².